The molecule has 0 heterocycles. The summed E-state index contributed by atoms with van der Waals surface area (Å²) in [5.41, 5.74) is -3.86. The summed E-state index contributed by atoms with van der Waals surface area (Å²) in [7, 11) is 0. The van der Waals surface area contributed by atoms with Crippen molar-refractivity contribution >= 4 is 27.5 Å². The Morgan fingerprint density at radius 1 is 1.52 bits per heavy atom. The third-order valence-corrected chi connectivity index (χ3v) is 3.49. The van der Waals surface area contributed by atoms with Crippen LogP contribution in [0.5, 0.6) is 0 Å². The van der Waals surface area contributed by atoms with Gasteiger partial charge in [0.05, 0.1) is 17.2 Å². The highest BCUT2D eigenvalue weighted by molar-refractivity contribution is 9.09. The molecular formula is C13H10BrF3N2O2. The molecule has 0 bridgehead atoms. The molecule has 0 unspecified atom stereocenters. The lowest BCUT2D eigenvalue weighted by atomic mass is 10.0. The number of benzene rings is 1. The van der Waals surface area contributed by atoms with Gasteiger partial charge in [-0.1, -0.05) is 28.6 Å². The van der Waals surface area contributed by atoms with E-state index in [0.717, 1.165) is 18.2 Å². The summed E-state index contributed by atoms with van der Waals surface area (Å²) in [4.78, 5) is 11.8. The second kappa shape index (κ2) is 6.28. The smallest absolute Gasteiger partial charge is 0.375 e. The largest absolute Gasteiger partial charge is 0.417 e. The van der Waals surface area contributed by atoms with Crippen molar-refractivity contribution in [3.05, 3.63) is 42.0 Å². The van der Waals surface area contributed by atoms with Gasteiger partial charge in [0.1, 0.15) is 0 Å². The van der Waals surface area contributed by atoms with Crippen molar-refractivity contribution in [2.75, 3.05) is 10.6 Å². The third-order valence-electron chi connectivity index (χ3n) is 2.64. The maximum atomic E-state index is 12.8. The van der Waals surface area contributed by atoms with E-state index in [0.29, 0.717) is 6.07 Å². The van der Waals surface area contributed by atoms with Crippen LogP contribution in [0.4, 0.5) is 18.9 Å². The van der Waals surface area contributed by atoms with E-state index in [4.69, 9.17) is 5.26 Å². The standard InChI is InChI=1S/C13H10BrF3N2O2/c1-2-12(21,7-14)11(20)19-9-4-3-8(6-18)10(5-9)13(15,16)17/h2-5,21H,1,7H2,(H,19,20)/t12-/m1/s1. The number of carbonyl (C=O) groups is 1. The molecule has 4 nitrogen and oxygen atoms in total. The number of halogens is 4. The first kappa shape index (κ1) is 17.2. The Labute approximate surface area is 127 Å². The Morgan fingerprint density at radius 2 is 2.14 bits per heavy atom. The number of amides is 1. The first-order chi connectivity index (χ1) is 9.67. The molecule has 112 valence electrons. The molecule has 0 saturated carbocycles. The van der Waals surface area contributed by atoms with Gasteiger partial charge < -0.3 is 10.4 Å². The Bertz CT molecular complexity index is 610. The van der Waals surface area contributed by atoms with Gasteiger partial charge in [-0.25, -0.2) is 0 Å². The molecule has 0 fully saturated rings. The molecule has 1 amide bonds. The summed E-state index contributed by atoms with van der Waals surface area (Å²) < 4.78 is 38.3. The second-order valence-electron chi connectivity index (χ2n) is 4.09. The van der Waals surface area contributed by atoms with E-state index in [1.807, 2.05) is 0 Å². The molecule has 0 radical (unpaired) electrons. The van der Waals surface area contributed by atoms with Crippen molar-refractivity contribution < 1.29 is 23.1 Å². The fourth-order valence-electron chi connectivity index (χ4n) is 1.40. The number of nitriles is 1. The maximum Gasteiger partial charge on any atom is 0.417 e. The molecule has 8 heteroatoms. The SMILES string of the molecule is C=C[C@@](O)(CBr)C(=O)Nc1ccc(C#N)c(C(F)(F)F)c1. The quantitative estimate of drug-likeness (QED) is 0.638. The normalized spacial score (nSPS) is 13.9. The van der Waals surface area contributed by atoms with Gasteiger partial charge in [0.15, 0.2) is 5.60 Å². The van der Waals surface area contributed by atoms with E-state index in [-0.39, 0.29) is 11.0 Å². The molecule has 1 aromatic rings. The average Bonchev–Trinajstić information content (AvgIpc) is 2.45. The minimum Gasteiger partial charge on any atom is -0.375 e. The van der Waals surface area contributed by atoms with Gasteiger partial charge in [-0.15, -0.1) is 0 Å². The van der Waals surface area contributed by atoms with Crippen LogP contribution < -0.4 is 5.32 Å². The van der Waals surface area contributed by atoms with E-state index >= 15 is 0 Å². The number of alkyl halides is 4. The molecule has 1 atom stereocenters. The zero-order chi connectivity index (χ0) is 16.3. The molecule has 0 aliphatic carbocycles. The summed E-state index contributed by atoms with van der Waals surface area (Å²) in [5.74, 6) is -0.938. The van der Waals surface area contributed by atoms with Crippen LogP contribution >= 0.6 is 15.9 Å². The summed E-state index contributed by atoms with van der Waals surface area (Å²) in [6.45, 7) is 3.29. The highest BCUT2D eigenvalue weighted by Gasteiger charge is 2.35. The van der Waals surface area contributed by atoms with Crippen molar-refractivity contribution in [2.45, 2.75) is 11.8 Å². The number of rotatable bonds is 4. The van der Waals surface area contributed by atoms with E-state index in [2.05, 4.69) is 27.8 Å². The predicted molar refractivity (Wildman–Crippen MR) is 73.7 cm³/mol. The van der Waals surface area contributed by atoms with Crippen molar-refractivity contribution in [3.63, 3.8) is 0 Å². The molecule has 21 heavy (non-hydrogen) atoms. The van der Waals surface area contributed by atoms with Gasteiger partial charge >= 0.3 is 6.18 Å². The number of hydrogen-bond acceptors (Lipinski definition) is 3. The minimum absolute atomic E-state index is 0.169. The van der Waals surface area contributed by atoms with Crippen LogP contribution in [0.3, 0.4) is 0 Å². The van der Waals surface area contributed by atoms with Crippen LogP contribution in [-0.4, -0.2) is 21.9 Å². The van der Waals surface area contributed by atoms with E-state index in [9.17, 15) is 23.1 Å². The van der Waals surface area contributed by atoms with Crippen molar-refractivity contribution in [1.82, 2.24) is 0 Å². The number of hydrogen-bond donors (Lipinski definition) is 2. The number of nitrogens with zero attached hydrogens (tertiary/aromatic N) is 1. The molecule has 0 saturated heterocycles. The number of carbonyl (C=O) groups excluding carboxylic acids is 1. The fourth-order valence-corrected chi connectivity index (χ4v) is 1.88. The van der Waals surface area contributed by atoms with Gasteiger partial charge in [-0.3, -0.25) is 4.79 Å². The molecule has 0 aromatic heterocycles. The van der Waals surface area contributed by atoms with Gasteiger partial charge in [0.2, 0.25) is 0 Å². The zero-order valence-corrected chi connectivity index (χ0v) is 12.1. The highest BCUT2D eigenvalue weighted by atomic mass is 79.9. The molecule has 1 aromatic carbocycles. The second-order valence-corrected chi connectivity index (χ2v) is 4.65. The monoisotopic (exact) mass is 362 g/mol. The Kier molecular flexibility index (Phi) is 5.15. The first-order valence-corrected chi connectivity index (χ1v) is 6.65. The Morgan fingerprint density at radius 3 is 2.57 bits per heavy atom. The lowest BCUT2D eigenvalue weighted by molar-refractivity contribution is -0.137. The Balaban J connectivity index is 3.15. The molecule has 0 aliphatic heterocycles. The zero-order valence-electron chi connectivity index (χ0n) is 10.5. The number of nitrogens with one attached hydrogen (secondary N) is 1. The fraction of sp³-hybridized carbons (Fsp3) is 0.231. The van der Waals surface area contributed by atoms with Crippen LogP contribution in [0.2, 0.25) is 0 Å². The molecule has 1 rings (SSSR count). The van der Waals surface area contributed by atoms with E-state index in [1.54, 1.807) is 0 Å². The first-order valence-electron chi connectivity index (χ1n) is 5.52. The van der Waals surface area contributed by atoms with Crippen LogP contribution in [-0.2, 0) is 11.0 Å². The van der Waals surface area contributed by atoms with Crippen LogP contribution in [0.15, 0.2) is 30.9 Å². The van der Waals surface area contributed by atoms with Crippen LogP contribution in [0.25, 0.3) is 0 Å². The summed E-state index contributed by atoms with van der Waals surface area (Å²) >= 11 is 2.91. The molecule has 0 spiro atoms. The summed E-state index contributed by atoms with van der Waals surface area (Å²) in [6, 6.07) is 4.15. The van der Waals surface area contributed by atoms with E-state index < -0.39 is 28.8 Å². The molecule has 2 N–H and O–H groups in total. The number of aliphatic hydroxyl groups is 1. The molecular weight excluding hydrogens is 353 g/mol. The lowest BCUT2D eigenvalue weighted by Crippen LogP contribution is -2.42. The van der Waals surface area contributed by atoms with Crippen molar-refractivity contribution in [2.24, 2.45) is 0 Å². The lowest BCUT2D eigenvalue weighted by Gasteiger charge is -2.21. The average molecular weight is 363 g/mol. The van der Waals surface area contributed by atoms with Gasteiger partial charge in [0.25, 0.3) is 5.91 Å². The molecule has 0 aliphatic rings. The van der Waals surface area contributed by atoms with Crippen molar-refractivity contribution in [1.29, 1.82) is 5.26 Å². The van der Waals surface area contributed by atoms with E-state index in [1.165, 1.54) is 6.07 Å². The van der Waals surface area contributed by atoms with Crippen LogP contribution in [0, 0.1) is 11.3 Å². The predicted octanol–water partition coefficient (Wildman–Crippen LogP) is 2.83. The summed E-state index contributed by atoms with van der Waals surface area (Å²) in [6.07, 6.45) is -3.76. The van der Waals surface area contributed by atoms with Crippen LogP contribution in [0.1, 0.15) is 11.1 Å². The van der Waals surface area contributed by atoms with Gasteiger partial charge in [-0.2, -0.15) is 18.4 Å². The topological polar surface area (TPSA) is 73.1 Å². The summed E-state index contributed by atoms with van der Waals surface area (Å²) in [5, 5.41) is 20.5. The highest BCUT2D eigenvalue weighted by Crippen LogP contribution is 2.33. The minimum atomic E-state index is -4.73. The number of anilines is 1. The third kappa shape index (κ3) is 3.83. The van der Waals surface area contributed by atoms with Gasteiger partial charge in [0, 0.05) is 11.0 Å². The van der Waals surface area contributed by atoms with Gasteiger partial charge in [-0.05, 0) is 18.2 Å². The Hall–Kier alpha value is -1.85. The maximum absolute atomic E-state index is 12.8. The van der Waals surface area contributed by atoms with Crippen molar-refractivity contribution in [3.8, 4) is 6.07 Å².